The van der Waals surface area contributed by atoms with Crippen LogP contribution in [0.25, 0.3) is 11.0 Å². The Morgan fingerprint density at radius 1 is 1.32 bits per heavy atom. The fourth-order valence-electron chi connectivity index (χ4n) is 2.78. The number of anilines is 1. The smallest absolute Gasteiger partial charge is 0.250 e. The molecule has 1 N–H and O–H groups in total. The zero-order valence-electron chi connectivity index (χ0n) is 14.5. The lowest BCUT2D eigenvalue weighted by molar-refractivity contribution is -0.116. The lowest BCUT2D eigenvalue weighted by atomic mass is 10.1. The Bertz CT molecular complexity index is 946. The van der Waals surface area contributed by atoms with Crippen molar-refractivity contribution in [3.8, 4) is 6.07 Å². The van der Waals surface area contributed by atoms with E-state index in [4.69, 9.17) is 0 Å². The van der Waals surface area contributed by atoms with E-state index in [-0.39, 0.29) is 0 Å². The highest BCUT2D eigenvalue weighted by Gasteiger charge is 2.26. The lowest BCUT2D eigenvalue weighted by Gasteiger charge is -2.13. The van der Waals surface area contributed by atoms with E-state index in [1.54, 1.807) is 21.5 Å². The van der Waals surface area contributed by atoms with Crippen molar-refractivity contribution in [1.82, 2.24) is 19.3 Å². The Balaban J connectivity index is 1.88. The third-order valence-corrected chi connectivity index (χ3v) is 3.98. The summed E-state index contributed by atoms with van der Waals surface area (Å²) in [5, 5.41) is 16.6. The molecule has 0 aliphatic carbocycles. The predicted octanol–water partition coefficient (Wildman–Crippen LogP) is 2.67. The second-order valence-electron chi connectivity index (χ2n) is 6.36. The van der Waals surface area contributed by atoms with Crippen molar-refractivity contribution in [2.45, 2.75) is 26.3 Å². The van der Waals surface area contributed by atoms with Gasteiger partial charge in [-0.2, -0.15) is 10.4 Å². The number of imidazole rings is 1. The number of nitriles is 1. The zero-order chi connectivity index (χ0) is 18.0. The SMILES string of the molecule is CC(C)Cn1nccc1NC(=O)[C@H](C#N)c1nc2ccccc2n1C. The Morgan fingerprint density at radius 3 is 2.76 bits per heavy atom. The first-order valence-corrected chi connectivity index (χ1v) is 8.15. The summed E-state index contributed by atoms with van der Waals surface area (Å²) in [6.45, 7) is 4.84. The molecule has 0 fully saturated rings. The molecule has 1 aromatic carbocycles. The third-order valence-electron chi connectivity index (χ3n) is 3.98. The molecule has 0 saturated heterocycles. The van der Waals surface area contributed by atoms with Crippen molar-refractivity contribution < 1.29 is 4.79 Å². The molecule has 2 aromatic heterocycles. The van der Waals surface area contributed by atoms with Gasteiger partial charge in [0.25, 0.3) is 5.91 Å². The molecule has 0 bridgehead atoms. The van der Waals surface area contributed by atoms with Crippen LogP contribution in [-0.4, -0.2) is 25.2 Å². The fraction of sp³-hybridized carbons (Fsp3) is 0.333. The van der Waals surface area contributed by atoms with Gasteiger partial charge in [-0.05, 0) is 18.1 Å². The van der Waals surface area contributed by atoms with E-state index in [2.05, 4.69) is 35.3 Å². The standard InChI is InChI=1S/C18H20N6O/c1-12(2)11-24-16(8-9-20-24)22-18(25)13(10-19)17-21-14-6-4-5-7-15(14)23(17)3/h4-9,12-13H,11H2,1-3H3,(H,22,25)/t13-/m1/s1. The third kappa shape index (κ3) is 3.24. The summed E-state index contributed by atoms with van der Waals surface area (Å²) >= 11 is 0. The first kappa shape index (κ1) is 16.7. The average Bonchev–Trinajstić information content (AvgIpc) is 3.13. The quantitative estimate of drug-likeness (QED) is 0.776. The molecule has 1 amide bonds. The van der Waals surface area contributed by atoms with Gasteiger partial charge in [0, 0.05) is 19.7 Å². The van der Waals surface area contributed by atoms with Crippen molar-refractivity contribution >= 4 is 22.8 Å². The summed E-state index contributed by atoms with van der Waals surface area (Å²) in [5.41, 5.74) is 1.65. The van der Waals surface area contributed by atoms with Crippen LogP contribution in [0.3, 0.4) is 0 Å². The minimum absolute atomic E-state index is 0.391. The molecule has 1 atom stereocenters. The minimum atomic E-state index is -1.00. The molecule has 0 aliphatic rings. The summed E-state index contributed by atoms with van der Waals surface area (Å²) in [6, 6.07) is 11.4. The number of fused-ring (bicyclic) bond motifs is 1. The largest absolute Gasteiger partial charge is 0.330 e. The molecule has 7 heteroatoms. The molecule has 0 unspecified atom stereocenters. The van der Waals surface area contributed by atoms with Crippen LogP contribution in [0.2, 0.25) is 0 Å². The molecule has 3 rings (SSSR count). The molecule has 0 saturated carbocycles. The first-order chi connectivity index (χ1) is 12.0. The normalized spacial score (nSPS) is 12.3. The van der Waals surface area contributed by atoms with Gasteiger partial charge in [0.15, 0.2) is 5.92 Å². The maximum Gasteiger partial charge on any atom is 0.250 e. The van der Waals surface area contributed by atoms with E-state index in [0.29, 0.717) is 24.1 Å². The minimum Gasteiger partial charge on any atom is -0.330 e. The van der Waals surface area contributed by atoms with Crippen LogP contribution in [0.5, 0.6) is 0 Å². The van der Waals surface area contributed by atoms with Gasteiger partial charge >= 0.3 is 0 Å². The van der Waals surface area contributed by atoms with Crippen LogP contribution in [0.1, 0.15) is 25.6 Å². The summed E-state index contributed by atoms with van der Waals surface area (Å²) < 4.78 is 3.51. The second kappa shape index (κ2) is 6.77. The summed E-state index contributed by atoms with van der Waals surface area (Å²) in [7, 11) is 1.81. The molecule has 128 valence electrons. The van der Waals surface area contributed by atoms with Crippen LogP contribution in [0, 0.1) is 17.2 Å². The van der Waals surface area contributed by atoms with Crippen LogP contribution >= 0.6 is 0 Å². The van der Waals surface area contributed by atoms with Gasteiger partial charge in [-0.15, -0.1) is 0 Å². The fourth-order valence-corrected chi connectivity index (χ4v) is 2.78. The van der Waals surface area contributed by atoms with Crippen molar-refractivity contribution in [2.75, 3.05) is 5.32 Å². The van der Waals surface area contributed by atoms with Crippen LogP contribution < -0.4 is 5.32 Å². The molecular formula is C18H20N6O. The van der Waals surface area contributed by atoms with E-state index in [1.165, 1.54) is 0 Å². The van der Waals surface area contributed by atoms with E-state index in [1.807, 2.05) is 31.3 Å². The molecule has 7 nitrogen and oxygen atoms in total. The lowest BCUT2D eigenvalue weighted by Crippen LogP contribution is -2.24. The van der Waals surface area contributed by atoms with E-state index in [0.717, 1.165) is 11.0 Å². The highest BCUT2D eigenvalue weighted by atomic mass is 16.2. The summed E-state index contributed by atoms with van der Waals surface area (Å²) in [6.07, 6.45) is 1.63. The number of hydrogen-bond acceptors (Lipinski definition) is 4. The van der Waals surface area contributed by atoms with Gasteiger partial charge in [0.2, 0.25) is 0 Å². The number of nitrogens with one attached hydrogen (secondary N) is 1. The molecule has 0 aliphatic heterocycles. The number of benzene rings is 1. The number of aryl methyl sites for hydroxylation is 1. The number of para-hydroxylation sites is 2. The first-order valence-electron chi connectivity index (χ1n) is 8.15. The van der Waals surface area contributed by atoms with E-state index in [9.17, 15) is 10.1 Å². The van der Waals surface area contributed by atoms with Gasteiger partial charge in [-0.3, -0.25) is 4.79 Å². The Morgan fingerprint density at radius 2 is 2.08 bits per heavy atom. The van der Waals surface area contributed by atoms with Gasteiger partial charge in [-0.1, -0.05) is 26.0 Å². The Hall–Kier alpha value is -3.14. The molecule has 25 heavy (non-hydrogen) atoms. The number of rotatable bonds is 5. The number of nitrogens with zero attached hydrogens (tertiary/aromatic N) is 5. The van der Waals surface area contributed by atoms with Gasteiger partial charge in [0.05, 0.1) is 23.3 Å². The Labute approximate surface area is 145 Å². The van der Waals surface area contributed by atoms with Gasteiger partial charge in [0.1, 0.15) is 11.6 Å². The average molecular weight is 336 g/mol. The maximum absolute atomic E-state index is 12.7. The van der Waals surface area contributed by atoms with Crippen molar-refractivity contribution in [2.24, 2.45) is 13.0 Å². The maximum atomic E-state index is 12.7. The number of amides is 1. The number of hydrogen-bond donors (Lipinski definition) is 1. The highest BCUT2D eigenvalue weighted by Crippen LogP contribution is 2.22. The van der Waals surface area contributed by atoms with E-state index >= 15 is 0 Å². The zero-order valence-corrected chi connectivity index (χ0v) is 14.5. The monoisotopic (exact) mass is 336 g/mol. The summed E-state index contributed by atoms with van der Waals surface area (Å²) in [4.78, 5) is 17.1. The highest BCUT2D eigenvalue weighted by molar-refractivity contribution is 5.97. The van der Waals surface area contributed by atoms with Gasteiger partial charge in [-0.25, -0.2) is 9.67 Å². The number of carbonyl (C=O) groups excluding carboxylic acids is 1. The molecule has 0 spiro atoms. The summed E-state index contributed by atoms with van der Waals surface area (Å²) in [5.74, 6) is -0.0118. The molecule has 0 radical (unpaired) electrons. The Kier molecular flexibility index (Phi) is 4.52. The van der Waals surface area contributed by atoms with Gasteiger partial charge < -0.3 is 9.88 Å². The number of aromatic nitrogens is 4. The van der Waals surface area contributed by atoms with Crippen LogP contribution in [0.4, 0.5) is 5.82 Å². The molecule has 2 heterocycles. The van der Waals surface area contributed by atoms with Crippen molar-refractivity contribution in [3.63, 3.8) is 0 Å². The second-order valence-corrected chi connectivity index (χ2v) is 6.36. The van der Waals surface area contributed by atoms with Crippen molar-refractivity contribution in [1.29, 1.82) is 5.26 Å². The molecular weight excluding hydrogens is 316 g/mol. The van der Waals surface area contributed by atoms with E-state index < -0.39 is 11.8 Å². The topological polar surface area (TPSA) is 88.5 Å². The van der Waals surface area contributed by atoms with Crippen LogP contribution in [-0.2, 0) is 18.4 Å². The van der Waals surface area contributed by atoms with Crippen LogP contribution in [0.15, 0.2) is 36.5 Å². The molecule has 3 aromatic rings. The van der Waals surface area contributed by atoms with Crippen molar-refractivity contribution in [3.05, 3.63) is 42.4 Å². The predicted molar refractivity (Wildman–Crippen MR) is 94.8 cm³/mol. The number of carbonyl (C=O) groups is 1.